The van der Waals surface area contributed by atoms with E-state index >= 15 is 0 Å². The molecule has 2 fully saturated rings. The first kappa shape index (κ1) is 17.7. The van der Waals surface area contributed by atoms with Crippen LogP contribution in [0.25, 0.3) is 0 Å². The summed E-state index contributed by atoms with van der Waals surface area (Å²) in [5, 5.41) is 6.77. The minimum atomic E-state index is -0.226. The number of likely N-dealkylation sites (tertiary alicyclic amines) is 1. The number of piperidine rings is 1. The summed E-state index contributed by atoms with van der Waals surface area (Å²) in [6.07, 6.45) is 5.01. The highest BCUT2D eigenvalue weighted by molar-refractivity contribution is 5.96. The van der Waals surface area contributed by atoms with Crippen molar-refractivity contribution in [1.82, 2.24) is 20.4 Å². The predicted molar refractivity (Wildman–Crippen MR) is 98.1 cm³/mol. The maximum atomic E-state index is 12.5. The fraction of sp³-hybridized carbons (Fsp3) is 0.500. The number of benzene rings is 1. The topological polar surface area (TPSA) is 88.3 Å². The standard InChI is InChI=1S/C20H24N4O3/c25-18(12-21-20(26)16-6-2-1-3-7-16)24-10-4-5-14(13-24)11-17-22-19(23-27-17)15-8-9-15/h1-3,6-7,14-15H,4-5,8-13H2,(H,21,26)/t14-/m0/s1. The van der Waals surface area contributed by atoms with Crippen LogP contribution in [0.1, 0.15) is 53.7 Å². The number of nitrogens with zero attached hydrogens (tertiary/aromatic N) is 3. The van der Waals surface area contributed by atoms with Crippen molar-refractivity contribution < 1.29 is 14.1 Å². The summed E-state index contributed by atoms with van der Waals surface area (Å²) in [6.45, 7) is 1.42. The Labute approximate surface area is 158 Å². The van der Waals surface area contributed by atoms with Crippen molar-refractivity contribution in [3.63, 3.8) is 0 Å². The Morgan fingerprint density at radius 2 is 2.00 bits per heavy atom. The first-order chi connectivity index (χ1) is 13.2. The van der Waals surface area contributed by atoms with Crippen molar-refractivity contribution in [3.8, 4) is 0 Å². The highest BCUT2D eigenvalue weighted by Crippen LogP contribution is 2.38. The zero-order chi connectivity index (χ0) is 18.6. The molecule has 1 saturated heterocycles. The molecule has 2 aromatic rings. The van der Waals surface area contributed by atoms with E-state index in [0.717, 1.165) is 38.1 Å². The monoisotopic (exact) mass is 368 g/mol. The average Bonchev–Trinajstić information content (AvgIpc) is 3.46. The number of hydrogen-bond donors (Lipinski definition) is 1. The van der Waals surface area contributed by atoms with E-state index in [1.54, 1.807) is 24.3 Å². The number of nitrogens with one attached hydrogen (secondary N) is 1. The first-order valence-corrected chi connectivity index (χ1v) is 9.62. The van der Waals surface area contributed by atoms with Crippen LogP contribution in [0.3, 0.4) is 0 Å². The predicted octanol–water partition coefficient (Wildman–Crippen LogP) is 2.16. The van der Waals surface area contributed by atoms with Crippen molar-refractivity contribution in [2.24, 2.45) is 5.92 Å². The first-order valence-electron chi connectivity index (χ1n) is 9.62. The molecule has 1 atom stereocenters. The van der Waals surface area contributed by atoms with Crippen molar-refractivity contribution in [3.05, 3.63) is 47.6 Å². The SMILES string of the molecule is O=C(NCC(=O)N1CCC[C@@H](Cc2nc(C3CC3)no2)C1)c1ccccc1. The Balaban J connectivity index is 1.26. The van der Waals surface area contributed by atoms with Crippen LogP contribution in [0, 0.1) is 5.92 Å². The van der Waals surface area contributed by atoms with Gasteiger partial charge in [-0.2, -0.15) is 4.98 Å². The molecular formula is C20H24N4O3. The van der Waals surface area contributed by atoms with Gasteiger partial charge in [0.05, 0.1) is 6.54 Å². The zero-order valence-corrected chi connectivity index (χ0v) is 15.3. The van der Waals surface area contributed by atoms with E-state index in [0.29, 0.717) is 36.3 Å². The minimum Gasteiger partial charge on any atom is -0.343 e. The van der Waals surface area contributed by atoms with Crippen LogP contribution in [0.2, 0.25) is 0 Å². The second-order valence-electron chi connectivity index (χ2n) is 7.42. The molecule has 2 amide bonds. The molecule has 4 rings (SSSR count). The number of amides is 2. The van der Waals surface area contributed by atoms with Crippen LogP contribution in [0.4, 0.5) is 0 Å². The Bertz CT molecular complexity index is 801. The number of carbonyl (C=O) groups is 2. The zero-order valence-electron chi connectivity index (χ0n) is 15.3. The van der Waals surface area contributed by atoms with Gasteiger partial charge in [0.25, 0.3) is 5.91 Å². The summed E-state index contributed by atoms with van der Waals surface area (Å²) < 4.78 is 5.37. The van der Waals surface area contributed by atoms with Crippen LogP contribution in [0.5, 0.6) is 0 Å². The van der Waals surface area contributed by atoms with Crippen LogP contribution in [0.15, 0.2) is 34.9 Å². The highest BCUT2D eigenvalue weighted by atomic mass is 16.5. The lowest BCUT2D eigenvalue weighted by Gasteiger charge is -2.32. The van der Waals surface area contributed by atoms with Crippen LogP contribution in [-0.4, -0.2) is 46.5 Å². The summed E-state index contributed by atoms with van der Waals surface area (Å²) >= 11 is 0. The van der Waals surface area contributed by atoms with Crippen molar-refractivity contribution in [1.29, 1.82) is 0 Å². The third-order valence-electron chi connectivity index (χ3n) is 5.20. The molecule has 1 saturated carbocycles. The number of carbonyl (C=O) groups excluding carboxylic acids is 2. The van der Waals surface area contributed by atoms with Gasteiger partial charge in [-0.25, -0.2) is 0 Å². The smallest absolute Gasteiger partial charge is 0.251 e. The van der Waals surface area contributed by atoms with Gasteiger partial charge in [0.15, 0.2) is 5.82 Å². The lowest BCUT2D eigenvalue weighted by molar-refractivity contribution is -0.131. The molecule has 2 heterocycles. The van der Waals surface area contributed by atoms with Gasteiger partial charge < -0.3 is 14.7 Å². The summed E-state index contributed by atoms with van der Waals surface area (Å²) in [5.74, 6) is 2.04. The van der Waals surface area contributed by atoms with Crippen molar-refractivity contribution in [2.75, 3.05) is 19.6 Å². The van der Waals surface area contributed by atoms with Gasteiger partial charge in [-0.3, -0.25) is 9.59 Å². The molecule has 0 spiro atoms. The van der Waals surface area contributed by atoms with E-state index in [1.165, 1.54) is 0 Å². The number of aromatic nitrogens is 2. The van der Waals surface area contributed by atoms with Crippen LogP contribution >= 0.6 is 0 Å². The van der Waals surface area contributed by atoms with E-state index in [4.69, 9.17) is 4.52 Å². The maximum absolute atomic E-state index is 12.5. The fourth-order valence-electron chi connectivity index (χ4n) is 3.52. The normalized spacial score (nSPS) is 19.7. The molecule has 7 nitrogen and oxygen atoms in total. The van der Waals surface area contributed by atoms with E-state index in [1.807, 2.05) is 11.0 Å². The Kier molecular flexibility index (Phi) is 5.18. The lowest BCUT2D eigenvalue weighted by atomic mass is 9.94. The van der Waals surface area contributed by atoms with Crippen LogP contribution in [-0.2, 0) is 11.2 Å². The van der Waals surface area contributed by atoms with Crippen LogP contribution < -0.4 is 5.32 Å². The molecule has 7 heteroatoms. The summed E-state index contributed by atoms with van der Waals surface area (Å²) in [7, 11) is 0. The van der Waals surface area contributed by atoms with Gasteiger partial charge in [0.2, 0.25) is 11.8 Å². The maximum Gasteiger partial charge on any atom is 0.251 e. The third-order valence-corrected chi connectivity index (χ3v) is 5.20. The summed E-state index contributed by atoms with van der Waals surface area (Å²) in [5.41, 5.74) is 0.560. The minimum absolute atomic E-state index is 0.0207. The summed E-state index contributed by atoms with van der Waals surface area (Å²) in [6, 6.07) is 8.93. The molecular weight excluding hydrogens is 344 g/mol. The lowest BCUT2D eigenvalue weighted by Crippen LogP contribution is -2.45. The van der Waals surface area contributed by atoms with E-state index in [9.17, 15) is 9.59 Å². The largest absolute Gasteiger partial charge is 0.343 e. The molecule has 0 bridgehead atoms. The highest BCUT2D eigenvalue weighted by Gasteiger charge is 2.30. The van der Waals surface area contributed by atoms with Gasteiger partial charge in [0, 0.05) is 31.0 Å². The molecule has 1 aliphatic heterocycles. The van der Waals surface area contributed by atoms with Crippen molar-refractivity contribution >= 4 is 11.8 Å². The number of rotatable bonds is 6. The van der Waals surface area contributed by atoms with Gasteiger partial charge in [-0.15, -0.1) is 0 Å². The third kappa shape index (κ3) is 4.53. The number of hydrogen-bond acceptors (Lipinski definition) is 5. The molecule has 2 aliphatic rings. The quantitative estimate of drug-likeness (QED) is 0.844. The average molecular weight is 368 g/mol. The van der Waals surface area contributed by atoms with E-state index in [2.05, 4.69) is 15.5 Å². The van der Waals surface area contributed by atoms with E-state index < -0.39 is 0 Å². The van der Waals surface area contributed by atoms with E-state index in [-0.39, 0.29) is 18.4 Å². The molecule has 0 unspecified atom stereocenters. The van der Waals surface area contributed by atoms with Gasteiger partial charge in [-0.05, 0) is 43.7 Å². The molecule has 142 valence electrons. The summed E-state index contributed by atoms with van der Waals surface area (Å²) in [4.78, 5) is 30.9. The fourth-order valence-corrected chi connectivity index (χ4v) is 3.52. The van der Waals surface area contributed by atoms with Gasteiger partial charge in [0.1, 0.15) is 0 Å². The van der Waals surface area contributed by atoms with Gasteiger partial charge in [-0.1, -0.05) is 23.4 Å². The Hall–Kier alpha value is -2.70. The second kappa shape index (κ2) is 7.90. The molecule has 1 aliphatic carbocycles. The van der Waals surface area contributed by atoms with Gasteiger partial charge >= 0.3 is 0 Å². The van der Waals surface area contributed by atoms with Crippen molar-refractivity contribution in [2.45, 2.75) is 38.0 Å². The Morgan fingerprint density at radius 1 is 1.19 bits per heavy atom. The molecule has 1 N–H and O–H groups in total. The molecule has 0 radical (unpaired) electrons. The second-order valence-corrected chi connectivity index (χ2v) is 7.42. The molecule has 27 heavy (non-hydrogen) atoms. The molecule has 1 aromatic heterocycles. The Morgan fingerprint density at radius 3 is 2.78 bits per heavy atom. The molecule has 1 aromatic carbocycles.